The Morgan fingerprint density at radius 3 is 2.70 bits per heavy atom. The molecule has 2 rings (SSSR count). The van der Waals surface area contributed by atoms with Gasteiger partial charge in [0.1, 0.15) is 12.4 Å². The van der Waals surface area contributed by atoms with Gasteiger partial charge in [0, 0.05) is 18.9 Å². The van der Waals surface area contributed by atoms with Gasteiger partial charge in [0.05, 0.1) is 25.9 Å². The molecular weight excluding hydrogens is 258 g/mol. The summed E-state index contributed by atoms with van der Waals surface area (Å²) in [6, 6.07) is 8.01. The lowest BCUT2D eigenvalue weighted by molar-refractivity contribution is -0.247. The molecule has 1 heterocycles. The van der Waals surface area contributed by atoms with Gasteiger partial charge in [0.15, 0.2) is 5.79 Å². The van der Waals surface area contributed by atoms with Crippen molar-refractivity contribution in [3.8, 4) is 5.75 Å². The summed E-state index contributed by atoms with van der Waals surface area (Å²) in [7, 11) is 1.66. The minimum absolute atomic E-state index is 0.150. The summed E-state index contributed by atoms with van der Waals surface area (Å²) in [4.78, 5) is 0. The third kappa shape index (κ3) is 4.67. The number of nitrogens with one attached hydrogen (secondary N) is 1. The number of anilines is 1. The highest BCUT2D eigenvalue weighted by molar-refractivity contribution is 5.49. The number of hydrogen-bond donors (Lipinski definition) is 1. The fourth-order valence-corrected chi connectivity index (χ4v) is 1.93. The molecular formula is C15H23NO4. The van der Waals surface area contributed by atoms with E-state index in [1.807, 2.05) is 38.1 Å². The van der Waals surface area contributed by atoms with Gasteiger partial charge in [-0.1, -0.05) is 6.07 Å². The second-order valence-corrected chi connectivity index (χ2v) is 5.23. The number of ether oxygens (including phenoxy) is 4. The lowest BCUT2D eigenvalue weighted by atomic mass is 10.2. The first kappa shape index (κ1) is 15.1. The zero-order valence-corrected chi connectivity index (χ0v) is 12.3. The van der Waals surface area contributed by atoms with Gasteiger partial charge >= 0.3 is 0 Å². The van der Waals surface area contributed by atoms with Crippen LogP contribution < -0.4 is 10.1 Å². The van der Waals surface area contributed by atoms with Crippen molar-refractivity contribution >= 4 is 5.69 Å². The summed E-state index contributed by atoms with van der Waals surface area (Å²) in [5.74, 6) is 0.341. The smallest absolute Gasteiger partial charge is 0.162 e. The van der Waals surface area contributed by atoms with Crippen molar-refractivity contribution in [1.82, 2.24) is 0 Å². The quantitative estimate of drug-likeness (QED) is 0.811. The van der Waals surface area contributed by atoms with E-state index in [-0.39, 0.29) is 6.04 Å². The van der Waals surface area contributed by atoms with Crippen LogP contribution in [0.5, 0.6) is 5.75 Å². The van der Waals surface area contributed by atoms with Crippen molar-refractivity contribution in [3.05, 3.63) is 24.3 Å². The van der Waals surface area contributed by atoms with Crippen LogP contribution in [0.3, 0.4) is 0 Å². The second-order valence-electron chi connectivity index (χ2n) is 5.23. The Morgan fingerprint density at radius 1 is 1.25 bits per heavy atom. The molecule has 0 radical (unpaired) electrons. The Balaban J connectivity index is 1.85. The van der Waals surface area contributed by atoms with Crippen LogP contribution in [-0.2, 0) is 14.2 Å². The third-order valence-electron chi connectivity index (χ3n) is 3.03. The largest absolute Gasteiger partial charge is 0.491 e. The molecule has 0 atom stereocenters. The van der Waals surface area contributed by atoms with Crippen molar-refractivity contribution < 1.29 is 18.9 Å². The van der Waals surface area contributed by atoms with E-state index in [1.54, 1.807) is 7.11 Å². The highest BCUT2D eigenvalue weighted by atomic mass is 16.7. The molecule has 1 aliphatic heterocycles. The van der Waals surface area contributed by atoms with Crippen molar-refractivity contribution in [2.45, 2.75) is 25.7 Å². The van der Waals surface area contributed by atoms with Crippen LogP contribution in [0.4, 0.5) is 5.69 Å². The van der Waals surface area contributed by atoms with Gasteiger partial charge in [0.25, 0.3) is 0 Å². The molecule has 0 bridgehead atoms. The maximum Gasteiger partial charge on any atom is 0.162 e. The summed E-state index contributed by atoms with van der Waals surface area (Å²) < 4.78 is 21.8. The first-order valence-electron chi connectivity index (χ1n) is 6.85. The molecule has 0 amide bonds. The van der Waals surface area contributed by atoms with Gasteiger partial charge in [-0.05, 0) is 26.0 Å². The second kappa shape index (κ2) is 6.92. The van der Waals surface area contributed by atoms with Crippen molar-refractivity contribution in [1.29, 1.82) is 0 Å². The Labute approximate surface area is 120 Å². The number of hydrogen-bond acceptors (Lipinski definition) is 5. The first-order chi connectivity index (χ1) is 9.59. The third-order valence-corrected chi connectivity index (χ3v) is 3.03. The van der Waals surface area contributed by atoms with E-state index >= 15 is 0 Å². The van der Waals surface area contributed by atoms with E-state index in [2.05, 4.69) is 5.32 Å². The predicted octanol–water partition coefficient (Wildman–Crippen LogP) is 2.28. The van der Waals surface area contributed by atoms with E-state index in [4.69, 9.17) is 18.9 Å². The molecule has 0 aromatic heterocycles. The number of methoxy groups -OCH3 is 1. The standard InChI is InChI=1S/C15H23NO4/c1-15(2)19-10-13(11-20-15)16-12-5-4-6-14(9-12)18-8-7-17-3/h4-6,9,13,16H,7-8,10-11H2,1-3H3. The van der Waals surface area contributed by atoms with Crippen molar-refractivity contribution in [3.63, 3.8) is 0 Å². The first-order valence-corrected chi connectivity index (χ1v) is 6.85. The molecule has 1 aliphatic rings. The average molecular weight is 281 g/mol. The molecule has 5 nitrogen and oxygen atoms in total. The van der Waals surface area contributed by atoms with Crippen LogP contribution in [-0.4, -0.2) is 45.4 Å². The molecule has 5 heteroatoms. The SMILES string of the molecule is COCCOc1cccc(NC2COC(C)(C)OC2)c1. The molecule has 0 saturated carbocycles. The summed E-state index contributed by atoms with van der Waals surface area (Å²) in [6.07, 6.45) is 0. The lowest BCUT2D eigenvalue weighted by Crippen LogP contribution is -2.45. The molecule has 1 N–H and O–H groups in total. The predicted molar refractivity (Wildman–Crippen MR) is 77.2 cm³/mol. The Hall–Kier alpha value is -1.30. The van der Waals surface area contributed by atoms with Crippen LogP contribution in [0.15, 0.2) is 24.3 Å². The van der Waals surface area contributed by atoms with E-state index in [9.17, 15) is 0 Å². The summed E-state index contributed by atoms with van der Waals surface area (Å²) in [5.41, 5.74) is 0.997. The molecule has 1 aromatic rings. The van der Waals surface area contributed by atoms with E-state index < -0.39 is 5.79 Å². The maximum atomic E-state index is 5.63. The van der Waals surface area contributed by atoms with E-state index in [0.29, 0.717) is 26.4 Å². The van der Waals surface area contributed by atoms with Crippen molar-refractivity contribution in [2.24, 2.45) is 0 Å². The van der Waals surface area contributed by atoms with Gasteiger partial charge in [0.2, 0.25) is 0 Å². The monoisotopic (exact) mass is 281 g/mol. The van der Waals surface area contributed by atoms with E-state index in [0.717, 1.165) is 11.4 Å². The minimum atomic E-state index is -0.483. The summed E-state index contributed by atoms with van der Waals surface area (Å²) in [5, 5.41) is 3.39. The lowest BCUT2D eigenvalue weighted by Gasteiger charge is -2.35. The Bertz CT molecular complexity index is 412. The topological polar surface area (TPSA) is 49.0 Å². The Kier molecular flexibility index (Phi) is 5.23. The van der Waals surface area contributed by atoms with Gasteiger partial charge in [-0.3, -0.25) is 0 Å². The molecule has 0 unspecified atom stereocenters. The fourth-order valence-electron chi connectivity index (χ4n) is 1.93. The molecule has 1 aromatic carbocycles. The van der Waals surface area contributed by atoms with Gasteiger partial charge in [-0.25, -0.2) is 0 Å². The normalized spacial score (nSPS) is 18.8. The van der Waals surface area contributed by atoms with Crippen LogP contribution in [0.25, 0.3) is 0 Å². The average Bonchev–Trinajstić information content (AvgIpc) is 2.42. The number of benzene rings is 1. The van der Waals surface area contributed by atoms with Gasteiger partial charge in [-0.15, -0.1) is 0 Å². The molecule has 1 fully saturated rings. The highest BCUT2D eigenvalue weighted by Crippen LogP contribution is 2.22. The molecule has 0 aliphatic carbocycles. The van der Waals surface area contributed by atoms with Gasteiger partial charge < -0.3 is 24.3 Å². The summed E-state index contributed by atoms with van der Waals surface area (Å²) >= 11 is 0. The number of rotatable bonds is 6. The van der Waals surface area contributed by atoms with Crippen LogP contribution in [0.1, 0.15) is 13.8 Å². The molecule has 1 saturated heterocycles. The fraction of sp³-hybridized carbons (Fsp3) is 0.600. The zero-order valence-electron chi connectivity index (χ0n) is 12.3. The minimum Gasteiger partial charge on any atom is -0.491 e. The van der Waals surface area contributed by atoms with Crippen LogP contribution in [0, 0.1) is 0 Å². The zero-order chi connectivity index (χ0) is 14.4. The maximum absolute atomic E-state index is 5.63. The van der Waals surface area contributed by atoms with Crippen LogP contribution >= 0.6 is 0 Å². The molecule has 112 valence electrons. The Morgan fingerprint density at radius 2 is 2.00 bits per heavy atom. The highest BCUT2D eigenvalue weighted by Gasteiger charge is 2.28. The summed E-state index contributed by atoms with van der Waals surface area (Å²) in [6.45, 7) is 6.23. The molecule has 20 heavy (non-hydrogen) atoms. The van der Waals surface area contributed by atoms with E-state index in [1.165, 1.54) is 0 Å². The van der Waals surface area contributed by atoms with Crippen LogP contribution in [0.2, 0.25) is 0 Å². The van der Waals surface area contributed by atoms with Crippen molar-refractivity contribution in [2.75, 3.05) is 38.9 Å². The van der Waals surface area contributed by atoms with Gasteiger partial charge in [-0.2, -0.15) is 0 Å². The molecule has 0 spiro atoms.